The highest BCUT2D eigenvalue weighted by atomic mass is 35.5. The number of aryl methyl sites for hydroxylation is 1. The molecule has 11 heteroatoms. The monoisotopic (exact) mass is 520 g/mol. The van der Waals surface area contributed by atoms with E-state index in [4.69, 9.17) is 26.2 Å². The van der Waals surface area contributed by atoms with Crippen LogP contribution in [0.3, 0.4) is 0 Å². The number of hydrogen-bond donors (Lipinski definition) is 1. The van der Waals surface area contributed by atoms with Crippen molar-refractivity contribution in [3.63, 3.8) is 0 Å². The van der Waals surface area contributed by atoms with Crippen LogP contribution in [0.25, 0.3) is 11.3 Å². The van der Waals surface area contributed by atoms with Gasteiger partial charge in [0.2, 0.25) is 0 Å². The van der Waals surface area contributed by atoms with Gasteiger partial charge in [0.15, 0.2) is 6.61 Å². The fourth-order valence-electron chi connectivity index (χ4n) is 4.34. The predicted molar refractivity (Wildman–Crippen MR) is 137 cm³/mol. The number of likely N-dealkylation sites (tertiary alicyclic amines) is 1. The van der Waals surface area contributed by atoms with E-state index >= 15 is 0 Å². The standard InChI is InChI=1S/C24H33ClN4O5Si/c1-15-16(2)26-29(14-33-6-7-35(3,4)5)23(15)18-8-21-20(9-19(18)25)28(22(30)13-34-21)12-17-10-27(11-17)24(31)32/h8-9,17H,6-7,10-14H2,1-5H3,(H,31,32). The largest absolute Gasteiger partial charge is 0.482 e. The van der Waals surface area contributed by atoms with E-state index in [1.54, 1.807) is 11.0 Å². The highest BCUT2D eigenvalue weighted by Gasteiger charge is 2.36. The minimum atomic E-state index is -1.19. The third-order valence-electron chi connectivity index (χ3n) is 6.55. The predicted octanol–water partition coefficient (Wildman–Crippen LogP) is 4.47. The number of ether oxygens (including phenoxy) is 2. The fraction of sp³-hybridized carbons (Fsp3) is 0.542. The van der Waals surface area contributed by atoms with Gasteiger partial charge in [0, 0.05) is 45.8 Å². The van der Waals surface area contributed by atoms with E-state index in [1.165, 1.54) is 4.90 Å². The Labute approximate surface area is 211 Å². The van der Waals surface area contributed by atoms with Gasteiger partial charge >= 0.3 is 6.09 Å². The average molecular weight is 521 g/mol. The molecule has 0 bridgehead atoms. The number of amides is 2. The number of hydrogen-bond acceptors (Lipinski definition) is 5. The number of fused-ring (bicyclic) bond motifs is 1. The number of benzene rings is 1. The molecule has 1 fully saturated rings. The highest BCUT2D eigenvalue weighted by Crippen LogP contribution is 2.42. The Morgan fingerprint density at radius 2 is 2.00 bits per heavy atom. The summed E-state index contributed by atoms with van der Waals surface area (Å²) in [6.45, 7) is 13.1. The molecule has 35 heavy (non-hydrogen) atoms. The van der Waals surface area contributed by atoms with Gasteiger partial charge in [-0.15, -0.1) is 0 Å². The summed E-state index contributed by atoms with van der Waals surface area (Å²) in [6, 6.07) is 4.70. The summed E-state index contributed by atoms with van der Waals surface area (Å²) in [5, 5.41) is 14.2. The maximum atomic E-state index is 12.6. The zero-order chi connectivity index (χ0) is 25.5. The van der Waals surface area contributed by atoms with Crippen LogP contribution in [0.2, 0.25) is 30.7 Å². The molecular formula is C24H33ClN4O5Si. The van der Waals surface area contributed by atoms with Crippen LogP contribution in [-0.2, 0) is 16.3 Å². The second-order valence-electron chi connectivity index (χ2n) is 10.6. The van der Waals surface area contributed by atoms with E-state index in [0.29, 0.717) is 49.4 Å². The molecule has 2 aliphatic rings. The molecule has 3 heterocycles. The minimum Gasteiger partial charge on any atom is -0.482 e. The average Bonchev–Trinajstić information content (AvgIpc) is 3.01. The second-order valence-corrected chi connectivity index (χ2v) is 16.6. The number of anilines is 1. The van der Waals surface area contributed by atoms with Gasteiger partial charge in [0.25, 0.3) is 5.91 Å². The van der Waals surface area contributed by atoms with Crippen molar-refractivity contribution in [1.82, 2.24) is 14.7 Å². The van der Waals surface area contributed by atoms with Crippen molar-refractivity contribution in [3.05, 3.63) is 28.4 Å². The molecule has 4 rings (SSSR count). The molecule has 1 N–H and O–H groups in total. The maximum absolute atomic E-state index is 12.6. The van der Waals surface area contributed by atoms with Crippen LogP contribution in [0.4, 0.5) is 10.5 Å². The minimum absolute atomic E-state index is 0.0689. The molecular weight excluding hydrogens is 488 g/mol. The molecule has 1 aromatic carbocycles. The molecule has 9 nitrogen and oxygen atoms in total. The molecule has 1 saturated heterocycles. The Bertz CT molecular complexity index is 1140. The lowest BCUT2D eigenvalue weighted by molar-refractivity contribution is -0.121. The van der Waals surface area contributed by atoms with Gasteiger partial charge in [0.05, 0.1) is 22.1 Å². The zero-order valence-corrected chi connectivity index (χ0v) is 22.7. The molecule has 0 radical (unpaired) electrons. The lowest BCUT2D eigenvalue weighted by Gasteiger charge is -2.41. The summed E-state index contributed by atoms with van der Waals surface area (Å²) in [6.07, 6.45) is -0.936. The summed E-state index contributed by atoms with van der Waals surface area (Å²) in [4.78, 5) is 26.7. The van der Waals surface area contributed by atoms with Crippen molar-refractivity contribution in [2.45, 2.75) is 46.3 Å². The van der Waals surface area contributed by atoms with Crippen molar-refractivity contribution in [2.75, 3.05) is 37.7 Å². The van der Waals surface area contributed by atoms with E-state index in [0.717, 1.165) is 28.6 Å². The van der Waals surface area contributed by atoms with E-state index in [2.05, 4.69) is 24.7 Å². The van der Waals surface area contributed by atoms with E-state index in [1.807, 2.05) is 24.6 Å². The van der Waals surface area contributed by atoms with Gasteiger partial charge in [-0.05, 0) is 37.6 Å². The van der Waals surface area contributed by atoms with Gasteiger partial charge < -0.3 is 24.4 Å². The topological polar surface area (TPSA) is 97.1 Å². The molecule has 0 saturated carbocycles. The summed E-state index contributed by atoms with van der Waals surface area (Å²) in [5.74, 6) is 0.491. The normalized spacial score (nSPS) is 16.2. The van der Waals surface area contributed by atoms with Crippen LogP contribution in [-0.4, -0.2) is 72.7 Å². The van der Waals surface area contributed by atoms with Crippen LogP contribution >= 0.6 is 11.6 Å². The molecule has 2 aliphatic heterocycles. The number of rotatable bonds is 8. The molecule has 0 spiro atoms. The quantitative estimate of drug-likeness (QED) is 0.407. The van der Waals surface area contributed by atoms with Crippen molar-refractivity contribution in [3.8, 4) is 17.0 Å². The van der Waals surface area contributed by atoms with Crippen LogP contribution in [0.5, 0.6) is 5.75 Å². The lowest BCUT2D eigenvalue weighted by atomic mass is 9.99. The molecule has 2 amide bonds. The number of nitrogens with zero attached hydrogens (tertiary/aromatic N) is 4. The molecule has 2 aromatic rings. The molecule has 0 unspecified atom stereocenters. The molecule has 1 aromatic heterocycles. The van der Waals surface area contributed by atoms with Crippen LogP contribution in [0.15, 0.2) is 12.1 Å². The van der Waals surface area contributed by atoms with Crippen molar-refractivity contribution in [1.29, 1.82) is 0 Å². The van der Waals surface area contributed by atoms with Crippen LogP contribution < -0.4 is 9.64 Å². The van der Waals surface area contributed by atoms with Crippen LogP contribution in [0, 0.1) is 19.8 Å². The SMILES string of the molecule is Cc1nn(COCC[Si](C)(C)C)c(-c2cc3c(cc2Cl)N(CC2CN(C(=O)O)C2)C(=O)CO3)c1C. The Balaban J connectivity index is 1.58. The Morgan fingerprint density at radius 3 is 2.66 bits per heavy atom. The Morgan fingerprint density at radius 1 is 1.29 bits per heavy atom. The van der Waals surface area contributed by atoms with Gasteiger partial charge in [0.1, 0.15) is 12.5 Å². The zero-order valence-electron chi connectivity index (χ0n) is 20.9. The number of halogens is 1. The number of carbonyl (C=O) groups excluding carboxylic acids is 1. The molecule has 190 valence electrons. The van der Waals surface area contributed by atoms with E-state index < -0.39 is 14.2 Å². The highest BCUT2D eigenvalue weighted by molar-refractivity contribution is 6.76. The first-order chi connectivity index (χ1) is 16.4. The third kappa shape index (κ3) is 5.49. The summed E-state index contributed by atoms with van der Waals surface area (Å²) in [7, 11) is -1.19. The fourth-order valence-corrected chi connectivity index (χ4v) is 5.34. The first-order valence-electron chi connectivity index (χ1n) is 11.8. The van der Waals surface area contributed by atoms with Crippen molar-refractivity contribution in [2.24, 2.45) is 5.92 Å². The first-order valence-corrected chi connectivity index (χ1v) is 15.9. The van der Waals surface area contributed by atoms with Gasteiger partial charge in [-0.2, -0.15) is 5.10 Å². The number of carbonyl (C=O) groups is 2. The smallest absolute Gasteiger partial charge is 0.407 e. The Kier molecular flexibility index (Phi) is 7.17. The number of aromatic nitrogens is 2. The van der Waals surface area contributed by atoms with Crippen molar-refractivity contribution >= 4 is 37.4 Å². The van der Waals surface area contributed by atoms with Crippen LogP contribution in [0.1, 0.15) is 11.3 Å². The lowest BCUT2D eigenvalue weighted by Crippen LogP contribution is -2.55. The van der Waals surface area contributed by atoms with E-state index in [9.17, 15) is 9.59 Å². The maximum Gasteiger partial charge on any atom is 0.407 e. The third-order valence-corrected chi connectivity index (χ3v) is 8.57. The molecule has 0 atom stereocenters. The molecule has 0 aliphatic carbocycles. The number of carboxylic acid groups (broad SMARTS) is 1. The van der Waals surface area contributed by atoms with Crippen molar-refractivity contribution < 1.29 is 24.2 Å². The second kappa shape index (κ2) is 9.83. The summed E-state index contributed by atoms with van der Waals surface area (Å²) in [5.41, 5.74) is 4.15. The van der Waals surface area contributed by atoms with Gasteiger partial charge in [-0.1, -0.05) is 31.2 Å². The summed E-state index contributed by atoms with van der Waals surface area (Å²) >= 11 is 6.78. The first kappa shape index (κ1) is 25.5. The summed E-state index contributed by atoms with van der Waals surface area (Å²) < 4.78 is 13.6. The van der Waals surface area contributed by atoms with E-state index in [-0.39, 0.29) is 18.4 Å². The van der Waals surface area contributed by atoms with Gasteiger partial charge in [-0.3, -0.25) is 4.79 Å². The van der Waals surface area contributed by atoms with Gasteiger partial charge in [-0.25, -0.2) is 9.48 Å². The Hall–Kier alpha value is -2.56.